The van der Waals surface area contributed by atoms with E-state index in [9.17, 15) is 0 Å². The molecule has 1 saturated carbocycles. The summed E-state index contributed by atoms with van der Waals surface area (Å²) in [5.41, 5.74) is 0. The number of hydrogen-bond donors (Lipinski definition) is 1. The Kier molecular flexibility index (Phi) is 3.24. The van der Waals surface area contributed by atoms with Gasteiger partial charge in [-0.2, -0.15) is 0 Å². The predicted octanol–water partition coefficient (Wildman–Crippen LogP) is 3.59. The molecule has 2 rings (SSSR count). The second-order valence-corrected chi connectivity index (χ2v) is 5.50. The van der Waals surface area contributed by atoms with Gasteiger partial charge in [0.2, 0.25) is 0 Å². The molecule has 3 unspecified atom stereocenters. The summed E-state index contributed by atoms with van der Waals surface area (Å²) in [5, 5.41) is 5.88. The third-order valence-corrected chi connectivity index (χ3v) is 4.21. The van der Waals surface area contributed by atoms with E-state index in [1.807, 2.05) is 11.3 Å². The van der Waals surface area contributed by atoms with Crippen LogP contribution in [0.2, 0.25) is 0 Å². The first-order valence-corrected chi connectivity index (χ1v) is 6.43. The fraction of sp³-hybridized carbons (Fsp3) is 0.667. The summed E-state index contributed by atoms with van der Waals surface area (Å²) < 4.78 is 0. The van der Waals surface area contributed by atoms with E-state index in [0.29, 0.717) is 6.04 Å². The standard InChI is InChI=1S/C12H19NS/c1-9-5-6-11(8-9)13-10(2)12-4-3-7-14-12/h3-4,7,9-11,13H,5-6,8H2,1-2H3. The van der Waals surface area contributed by atoms with Gasteiger partial charge in [-0.05, 0) is 43.6 Å². The van der Waals surface area contributed by atoms with E-state index >= 15 is 0 Å². The van der Waals surface area contributed by atoms with Crippen molar-refractivity contribution in [2.75, 3.05) is 0 Å². The van der Waals surface area contributed by atoms with Gasteiger partial charge in [-0.25, -0.2) is 0 Å². The van der Waals surface area contributed by atoms with Crippen molar-refractivity contribution in [2.45, 2.75) is 45.2 Å². The number of rotatable bonds is 3. The van der Waals surface area contributed by atoms with E-state index in [-0.39, 0.29) is 0 Å². The van der Waals surface area contributed by atoms with Gasteiger partial charge in [0, 0.05) is 17.0 Å². The Morgan fingerprint density at radius 3 is 2.93 bits per heavy atom. The van der Waals surface area contributed by atoms with Crippen molar-refractivity contribution in [1.82, 2.24) is 5.32 Å². The van der Waals surface area contributed by atoms with Crippen molar-refractivity contribution in [3.8, 4) is 0 Å². The Morgan fingerprint density at radius 1 is 1.50 bits per heavy atom. The van der Waals surface area contributed by atoms with Crippen LogP contribution < -0.4 is 5.32 Å². The van der Waals surface area contributed by atoms with E-state index in [1.165, 1.54) is 24.1 Å². The molecule has 0 aromatic carbocycles. The summed E-state index contributed by atoms with van der Waals surface area (Å²) in [5.74, 6) is 0.919. The first kappa shape index (κ1) is 10.2. The van der Waals surface area contributed by atoms with Crippen molar-refractivity contribution >= 4 is 11.3 Å². The molecular formula is C12H19NS. The van der Waals surface area contributed by atoms with E-state index in [4.69, 9.17) is 0 Å². The topological polar surface area (TPSA) is 12.0 Å². The largest absolute Gasteiger partial charge is 0.307 e. The maximum Gasteiger partial charge on any atom is 0.0388 e. The van der Waals surface area contributed by atoms with Gasteiger partial charge in [0.25, 0.3) is 0 Å². The zero-order chi connectivity index (χ0) is 9.97. The van der Waals surface area contributed by atoms with Crippen molar-refractivity contribution < 1.29 is 0 Å². The minimum absolute atomic E-state index is 0.533. The highest BCUT2D eigenvalue weighted by molar-refractivity contribution is 7.10. The molecule has 0 bridgehead atoms. The lowest BCUT2D eigenvalue weighted by molar-refractivity contribution is 0.453. The molecule has 1 N–H and O–H groups in total. The summed E-state index contributed by atoms with van der Waals surface area (Å²) in [6, 6.07) is 5.64. The van der Waals surface area contributed by atoms with Gasteiger partial charge in [-0.3, -0.25) is 0 Å². The van der Waals surface area contributed by atoms with Gasteiger partial charge in [-0.1, -0.05) is 13.0 Å². The highest BCUT2D eigenvalue weighted by atomic mass is 32.1. The quantitative estimate of drug-likeness (QED) is 0.802. The number of thiophene rings is 1. The lowest BCUT2D eigenvalue weighted by Crippen LogP contribution is -2.28. The molecule has 14 heavy (non-hydrogen) atoms. The Hall–Kier alpha value is -0.340. The van der Waals surface area contributed by atoms with Crippen LogP contribution in [0.25, 0.3) is 0 Å². The molecule has 3 atom stereocenters. The zero-order valence-corrected chi connectivity index (χ0v) is 9.81. The molecule has 78 valence electrons. The minimum atomic E-state index is 0.533. The molecule has 1 aliphatic rings. The first-order valence-electron chi connectivity index (χ1n) is 5.55. The molecule has 1 aromatic heterocycles. The fourth-order valence-electron chi connectivity index (χ4n) is 2.33. The molecular weight excluding hydrogens is 190 g/mol. The first-order chi connectivity index (χ1) is 6.75. The van der Waals surface area contributed by atoms with Crippen molar-refractivity contribution in [1.29, 1.82) is 0 Å². The van der Waals surface area contributed by atoms with Crippen molar-refractivity contribution in [2.24, 2.45) is 5.92 Å². The van der Waals surface area contributed by atoms with Crippen molar-refractivity contribution in [3.63, 3.8) is 0 Å². The Labute approximate surface area is 90.5 Å². The lowest BCUT2D eigenvalue weighted by Gasteiger charge is -2.18. The highest BCUT2D eigenvalue weighted by Crippen LogP contribution is 2.27. The lowest BCUT2D eigenvalue weighted by atomic mass is 10.1. The summed E-state index contributed by atoms with van der Waals surface area (Å²) >= 11 is 1.85. The second-order valence-electron chi connectivity index (χ2n) is 4.52. The van der Waals surface area contributed by atoms with Gasteiger partial charge < -0.3 is 5.32 Å². The van der Waals surface area contributed by atoms with Crippen LogP contribution in [0.3, 0.4) is 0 Å². The van der Waals surface area contributed by atoms with E-state index < -0.39 is 0 Å². The van der Waals surface area contributed by atoms with Crippen LogP contribution in [0.4, 0.5) is 0 Å². The average molecular weight is 209 g/mol. The van der Waals surface area contributed by atoms with Gasteiger partial charge in [0.15, 0.2) is 0 Å². The van der Waals surface area contributed by atoms with Crippen LogP contribution in [-0.2, 0) is 0 Å². The molecule has 1 aromatic rings. The van der Waals surface area contributed by atoms with E-state index in [2.05, 4.69) is 36.7 Å². The molecule has 1 nitrogen and oxygen atoms in total. The second kappa shape index (κ2) is 4.45. The van der Waals surface area contributed by atoms with Gasteiger partial charge in [0.1, 0.15) is 0 Å². The molecule has 0 amide bonds. The average Bonchev–Trinajstić information content (AvgIpc) is 2.75. The number of hydrogen-bond acceptors (Lipinski definition) is 2. The summed E-state index contributed by atoms with van der Waals surface area (Å²) in [6.45, 7) is 4.63. The normalized spacial score (nSPS) is 29.3. The van der Waals surface area contributed by atoms with Crippen LogP contribution in [0.1, 0.15) is 44.0 Å². The van der Waals surface area contributed by atoms with Crippen LogP contribution in [0.15, 0.2) is 17.5 Å². The molecule has 2 heteroatoms. The molecule has 0 radical (unpaired) electrons. The predicted molar refractivity (Wildman–Crippen MR) is 62.7 cm³/mol. The SMILES string of the molecule is CC1CCC(NC(C)c2cccs2)C1. The summed E-state index contributed by atoms with van der Waals surface area (Å²) in [6.07, 6.45) is 4.11. The Morgan fingerprint density at radius 2 is 2.36 bits per heavy atom. The fourth-order valence-corrected chi connectivity index (χ4v) is 3.08. The smallest absolute Gasteiger partial charge is 0.0388 e. The summed E-state index contributed by atoms with van der Waals surface area (Å²) in [7, 11) is 0. The van der Waals surface area contributed by atoms with E-state index in [0.717, 1.165) is 12.0 Å². The Bertz CT molecular complexity index is 268. The van der Waals surface area contributed by atoms with E-state index in [1.54, 1.807) is 0 Å². The third-order valence-electron chi connectivity index (χ3n) is 3.15. The third kappa shape index (κ3) is 2.37. The molecule has 1 heterocycles. The highest BCUT2D eigenvalue weighted by Gasteiger charge is 2.22. The Balaban J connectivity index is 1.86. The molecule has 0 saturated heterocycles. The minimum Gasteiger partial charge on any atom is -0.307 e. The van der Waals surface area contributed by atoms with Gasteiger partial charge >= 0.3 is 0 Å². The van der Waals surface area contributed by atoms with Crippen molar-refractivity contribution in [3.05, 3.63) is 22.4 Å². The van der Waals surface area contributed by atoms with Gasteiger partial charge in [-0.15, -0.1) is 11.3 Å². The monoisotopic (exact) mass is 209 g/mol. The zero-order valence-electron chi connectivity index (χ0n) is 8.99. The van der Waals surface area contributed by atoms with Crippen LogP contribution >= 0.6 is 11.3 Å². The maximum absolute atomic E-state index is 3.72. The molecule has 0 spiro atoms. The summed E-state index contributed by atoms with van der Waals surface area (Å²) in [4.78, 5) is 1.46. The molecule has 1 fully saturated rings. The van der Waals surface area contributed by atoms with Crippen LogP contribution in [-0.4, -0.2) is 6.04 Å². The van der Waals surface area contributed by atoms with Gasteiger partial charge in [0.05, 0.1) is 0 Å². The van der Waals surface area contributed by atoms with Crippen LogP contribution in [0.5, 0.6) is 0 Å². The maximum atomic E-state index is 3.72. The molecule has 1 aliphatic carbocycles. The van der Waals surface area contributed by atoms with Crippen LogP contribution in [0, 0.1) is 5.92 Å². The number of nitrogens with one attached hydrogen (secondary N) is 1. The molecule has 0 aliphatic heterocycles.